The standard InChI is InChI=1S/C8H8N4O/c1-6-4-7(2-3-8(6)13)12-5-9-10-11-12/h2-5,13H,1H3. The van der Waals surface area contributed by atoms with E-state index >= 15 is 0 Å². The molecule has 0 atom stereocenters. The normalized spacial score (nSPS) is 10.2. The fourth-order valence-electron chi connectivity index (χ4n) is 1.06. The van der Waals surface area contributed by atoms with Gasteiger partial charge in [-0.2, -0.15) is 0 Å². The Hall–Kier alpha value is -1.91. The van der Waals surface area contributed by atoms with Crippen LogP contribution in [0.15, 0.2) is 24.5 Å². The van der Waals surface area contributed by atoms with Crippen LogP contribution >= 0.6 is 0 Å². The predicted molar refractivity (Wildman–Crippen MR) is 45.6 cm³/mol. The third kappa shape index (κ3) is 1.35. The van der Waals surface area contributed by atoms with E-state index < -0.39 is 0 Å². The Labute approximate surface area is 74.6 Å². The zero-order chi connectivity index (χ0) is 9.26. The van der Waals surface area contributed by atoms with Gasteiger partial charge in [-0.25, -0.2) is 4.68 Å². The summed E-state index contributed by atoms with van der Waals surface area (Å²) in [5, 5.41) is 20.1. The van der Waals surface area contributed by atoms with Crippen molar-refractivity contribution in [3.8, 4) is 11.4 Å². The molecule has 5 heteroatoms. The molecule has 0 aliphatic heterocycles. The maximum absolute atomic E-state index is 9.28. The summed E-state index contributed by atoms with van der Waals surface area (Å²) in [5.74, 6) is 0.275. The number of phenols is 1. The van der Waals surface area contributed by atoms with Gasteiger partial charge in [0, 0.05) is 0 Å². The zero-order valence-corrected chi connectivity index (χ0v) is 7.05. The minimum Gasteiger partial charge on any atom is -0.508 e. The fraction of sp³-hybridized carbons (Fsp3) is 0.125. The topological polar surface area (TPSA) is 63.8 Å². The molecule has 13 heavy (non-hydrogen) atoms. The third-order valence-corrected chi connectivity index (χ3v) is 1.79. The molecule has 0 saturated heterocycles. The minimum absolute atomic E-state index is 0.275. The highest BCUT2D eigenvalue weighted by Crippen LogP contribution is 2.18. The number of aromatic nitrogens is 4. The van der Waals surface area contributed by atoms with E-state index in [2.05, 4.69) is 15.5 Å². The first-order valence-electron chi connectivity index (χ1n) is 3.80. The van der Waals surface area contributed by atoms with Gasteiger partial charge in [-0.1, -0.05) is 0 Å². The number of hydrogen-bond acceptors (Lipinski definition) is 4. The third-order valence-electron chi connectivity index (χ3n) is 1.79. The van der Waals surface area contributed by atoms with E-state index in [1.54, 1.807) is 12.1 Å². The summed E-state index contributed by atoms with van der Waals surface area (Å²) >= 11 is 0. The lowest BCUT2D eigenvalue weighted by molar-refractivity contribution is 0.471. The molecule has 0 radical (unpaired) electrons. The van der Waals surface area contributed by atoms with Crippen LogP contribution in [0.25, 0.3) is 5.69 Å². The van der Waals surface area contributed by atoms with Gasteiger partial charge >= 0.3 is 0 Å². The van der Waals surface area contributed by atoms with Crippen molar-refractivity contribution in [2.24, 2.45) is 0 Å². The Morgan fingerprint density at radius 2 is 2.23 bits per heavy atom. The molecule has 0 amide bonds. The Morgan fingerprint density at radius 3 is 2.85 bits per heavy atom. The average Bonchev–Trinajstić information content (AvgIpc) is 2.62. The molecule has 1 aromatic heterocycles. The van der Waals surface area contributed by atoms with Crippen LogP contribution in [0.1, 0.15) is 5.56 Å². The number of hydrogen-bond donors (Lipinski definition) is 1. The van der Waals surface area contributed by atoms with Crippen LogP contribution in [0.2, 0.25) is 0 Å². The van der Waals surface area contributed by atoms with Gasteiger partial charge < -0.3 is 5.11 Å². The first kappa shape index (κ1) is 7.72. The van der Waals surface area contributed by atoms with Gasteiger partial charge in [0.15, 0.2) is 0 Å². The van der Waals surface area contributed by atoms with E-state index in [0.717, 1.165) is 11.3 Å². The summed E-state index contributed by atoms with van der Waals surface area (Å²) < 4.78 is 1.53. The monoisotopic (exact) mass is 176 g/mol. The minimum atomic E-state index is 0.275. The summed E-state index contributed by atoms with van der Waals surface area (Å²) in [7, 11) is 0. The lowest BCUT2D eigenvalue weighted by Crippen LogP contribution is -1.95. The molecule has 0 bridgehead atoms. The number of nitrogens with zero attached hydrogens (tertiary/aromatic N) is 4. The lowest BCUT2D eigenvalue weighted by atomic mass is 10.2. The van der Waals surface area contributed by atoms with Gasteiger partial charge in [0.05, 0.1) is 5.69 Å². The Morgan fingerprint density at radius 1 is 1.38 bits per heavy atom. The van der Waals surface area contributed by atoms with Crippen molar-refractivity contribution >= 4 is 0 Å². The number of phenolic OH excluding ortho intramolecular Hbond substituents is 1. The summed E-state index contributed by atoms with van der Waals surface area (Å²) in [6.45, 7) is 1.82. The molecule has 0 fully saturated rings. The van der Waals surface area contributed by atoms with E-state index in [1.807, 2.05) is 13.0 Å². The highest BCUT2D eigenvalue weighted by atomic mass is 16.3. The van der Waals surface area contributed by atoms with E-state index in [0.29, 0.717) is 0 Å². The van der Waals surface area contributed by atoms with Crippen LogP contribution < -0.4 is 0 Å². The molecule has 2 aromatic rings. The first-order valence-corrected chi connectivity index (χ1v) is 3.80. The number of rotatable bonds is 1. The summed E-state index contributed by atoms with van der Waals surface area (Å²) in [4.78, 5) is 0. The Bertz CT molecular complexity index is 410. The highest BCUT2D eigenvalue weighted by molar-refractivity contribution is 5.41. The second-order valence-corrected chi connectivity index (χ2v) is 2.73. The number of benzene rings is 1. The van der Waals surface area contributed by atoms with Crippen molar-refractivity contribution in [2.75, 3.05) is 0 Å². The molecule has 0 spiro atoms. The van der Waals surface area contributed by atoms with Crippen LogP contribution in [0.4, 0.5) is 0 Å². The summed E-state index contributed by atoms with van der Waals surface area (Å²) in [6.07, 6.45) is 1.51. The molecular weight excluding hydrogens is 168 g/mol. The van der Waals surface area contributed by atoms with Crippen LogP contribution in [0.3, 0.4) is 0 Å². The highest BCUT2D eigenvalue weighted by Gasteiger charge is 2.00. The van der Waals surface area contributed by atoms with Crippen molar-refractivity contribution < 1.29 is 5.11 Å². The van der Waals surface area contributed by atoms with Crippen molar-refractivity contribution in [3.05, 3.63) is 30.1 Å². The van der Waals surface area contributed by atoms with Gasteiger partial charge in [-0.05, 0) is 41.1 Å². The average molecular weight is 176 g/mol. The van der Waals surface area contributed by atoms with Crippen LogP contribution in [0.5, 0.6) is 5.75 Å². The van der Waals surface area contributed by atoms with Crippen molar-refractivity contribution in [1.82, 2.24) is 20.2 Å². The summed E-state index contributed by atoms with van der Waals surface area (Å²) in [6, 6.07) is 5.18. The number of aromatic hydroxyl groups is 1. The largest absolute Gasteiger partial charge is 0.508 e. The van der Waals surface area contributed by atoms with Crippen LogP contribution in [-0.4, -0.2) is 25.3 Å². The van der Waals surface area contributed by atoms with E-state index in [1.165, 1.54) is 11.0 Å². The van der Waals surface area contributed by atoms with Crippen molar-refractivity contribution in [3.63, 3.8) is 0 Å². The smallest absolute Gasteiger partial charge is 0.143 e. The second kappa shape index (κ2) is 2.85. The molecule has 1 N–H and O–H groups in total. The molecule has 1 aromatic carbocycles. The SMILES string of the molecule is Cc1cc(-n2cnnn2)ccc1O. The van der Waals surface area contributed by atoms with Gasteiger partial charge in [-0.15, -0.1) is 5.10 Å². The predicted octanol–water partition coefficient (Wildman–Crippen LogP) is 0.676. The maximum Gasteiger partial charge on any atom is 0.143 e. The lowest BCUT2D eigenvalue weighted by Gasteiger charge is -2.01. The first-order chi connectivity index (χ1) is 6.27. The van der Waals surface area contributed by atoms with Gasteiger partial charge in [-0.3, -0.25) is 0 Å². The fourth-order valence-corrected chi connectivity index (χ4v) is 1.06. The van der Waals surface area contributed by atoms with E-state index in [-0.39, 0.29) is 5.75 Å². The van der Waals surface area contributed by atoms with E-state index in [4.69, 9.17) is 0 Å². The molecule has 0 saturated carbocycles. The summed E-state index contributed by atoms with van der Waals surface area (Å²) in [5.41, 5.74) is 1.63. The molecule has 1 heterocycles. The maximum atomic E-state index is 9.28. The quantitative estimate of drug-likeness (QED) is 0.693. The van der Waals surface area contributed by atoms with Gasteiger partial charge in [0.2, 0.25) is 0 Å². The molecule has 2 rings (SSSR count). The second-order valence-electron chi connectivity index (χ2n) is 2.73. The van der Waals surface area contributed by atoms with E-state index in [9.17, 15) is 5.11 Å². The van der Waals surface area contributed by atoms with Crippen LogP contribution in [-0.2, 0) is 0 Å². The molecular formula is C8H8N4O. The van der Waals surface area contributed by atoms with Crippen molar-refractivity contribution in [2.45, 2.75) is 6.92 Å². The number of aryl methyl sites for hydroxylation is 1. The Balaban J connectivity index is 2.49. The number of tetrazole rings is 1. The molecule has 0 aliphatic rings. The zero-order valence-electron chi connectivity index (χ0n) is 7.05. The molecule has 0 unspecified atom stereocenters. The molecule has 0 aliphatic carbocycles. The van der Waals surface area contributed by atoms with Gasteiger partial charge in [0.1, 0.15) is 12.1 Å². The van der Waals surface area contributed by atoms with Crippen LogP contribution in [0, 0.1) is 6.92 Å². The Kier molecular flexibility index (Phi) is 1.70. The molecule has 66 valence electrons. The van der Waals surface area contributed by atoms with Gasteiger partial charge in [0.25, 0.3) is 0 Å². The van der Waals surface area contributed by atoms with Crippen molar-refractivity contribution in [1.29, 1.82) is 0 Å². The molecule has 5 nitrogen and oxygen atoms in total.